The van der Waals surface area contributed by atoms with Gasteiger partial charge in [0.05, 0.1) is 0 Å². The Morgan fingerprint density at radius 2 is 1.94 bits per heavy atom. The third-order valence-electron chi connectivity index (χ3n) is 4.25. The van der Waals surface area contributed by atoms with Crippen molar-refractivity contribution < 1.29 is 0 Å². The standard InChI is InChI=1S/C18H16/c1-3-7-15-13(5-1)9-11-18-16-8-4-2-6-14(16)10-12-17(15)18/h1-3,6-7,9-10,12H,4-5,8,11H2. The Bertz CT molecular complexity index is 636. The zero-order chi connectivity index (χ0) is 11.9. The van der Waals surface area contributed by atoms with E-state index in [1.54, 1.807) is 11.1 Å². The molecule has 0 saturated carbocycles. The fourth-order valence-corrected chi connectivity index (χ4v) is 3.34. The molecule has 0 radical (unpaired) electrons. The molecule has 1 aromatic carbocycles. The summed E-state index contributed by atoms with van der Waals surface area (Å²) in [6.45, 7) is 0. The van der Waals surface area contributed by atoms with Crippen LogP contribution >= 0.6 is 0 Å². The molecule has 0 aliphatic heterocycles. The Balaban J connectivity index is 1.95. The van der Waals surface area contributed by atoms with Gasteiger partial charge in [-0.2, -0.15) is 0 Å². The van der Waals surface area contributed by atoms with Crippen LogP contribution in [0.3, 0.4) is 0 Å². The van der Waals surface area contributed by atoms with E-state index in [2.05, 4.69) is 48.6 Å². The van der Waals surface area contributed by atoms with Crippen LogP contribution in [0.5, 0.6) is 0 Å². The van der Waals surface area contributed by atoms with Gasteiger partial charge in [0.1, 0.15) is 0 Å². The van der Waals surface area contributed by atoms with Gasteiger partial charge in [-0.1, -0.05) is 48.6 Å². The van der Waals surface area contributed by atoms with Crippen molar-refractivity contribution >= 4 is 11.6 Å². The van der Waals surface area contributed by atoms with E-state index in [4.69, 9.17) is 0 Å². The number of rotatable bonds is 0. The number of hydrogen-bond donors (Lipinski definition) is 0. The zero-order valence-electron chi connectivity index (χ0n) is 10.4. The Hall–Kier alpha value is -1.82. The van der Waals surface area contributed by atoms with Crippen LogP contribution < -0.4 is 0 Å². The second kappa shape index (κ2) is 3.84. The first-order valence-electron chi connectivity index (χ1n) is 6.81. The highest BCUT2D eigenvalue weighted by molar-refractivity contribution is 5.86. The number of fused-ring (bicyclic) bond motifs is 5. The van der Waals surface area contributed by atoms with Crippen LogP contribution in [-0.4, -0.2) is 0 Å². The second-order valence-corrected chi connectivity index (χ2v) is 5.25. The van der Waals surface area contributed by atoms with E-state index in [-0.39, 0.29) is 0 Å². The first-order chi connectivity index (χ1) is 8.93. The lowest BCUT2D eigenvalue weighted by molar-refractivity contribution is 0.950. The van der Waals surface area contributed by atoms with Gasteiger partial charge in [-0.05, 0) is 59.1 Å². The third kappa shape index (κ3) is 1.38. The SMILES string of the molecule is C1=CCC2=CCc3c(ccc4c3CCC=C4)C2=C1. The summed E-state index contributed by atoms with van der Waals surface area (Å²) in [6, 6.07) is 4.62. The van der Waals surface area contributed by atoms with Gasteiger partial charge in [0, 0.05) is 0 Å². The average Bonchev–Trinajstić information content (AvgIpc) is 2.46. The van der Waals surface area contributed by atoms with Gasteiger partial charge < -0.3 is 0 Å². The van der Waals surface area contributed by atoms with Crippen molar-refractivity contribution in [2.75, 3.05) is 0 Å². The molecule has 88 valence electrons. The molecule has 0 amide bonds. The van der Waals surface area contributed by atoms with Gasteiger partial charge in [-0.15, -0.1) is 0 Å². The van der Waals surface area contributed by atoms with Crippen LogP contribution in [0.1, 0.15) is 35.1 Å². The van der Waals surface area contributed by atoms with E-state index in [9.17, 15) is 0 Å². The quantitative estimate of drug-likeness (QED) is 0.619. The molecule has 0 aromatic heterocycles. The first-order valence-corrected chi connectivity index (χ1v) is 6.81. The maximum absolute atomic E-state index is 2.43. The van der Waals surface area contributed by atoms with Crippen molar-refractivity contribution in [3.63, 3.8) is 0 Å². The van der Waals surface area contributed by atoms with Gasteiger partial charge >= 0.3 is 0 Å². The molecule has 0 spiro atoms. The molecular formula is C18H16. The molecule has 0 heteroatoms. The zero-order valence-corrected chi connectivity index (χ0v) is 10.4. The molecule has 0 unspecified atom stereocenters. The molecule has 0 saturated heterocycles. The average molecular weight is 232 g/mol. The predicted molar refractivity (Wildman–Crippen MR) is 77.3 cm³/mol. The van der Waals surface area contributed by atoms with Crippen molar-refractivity contribution in [3.8, 4) is 0 Å². The summed E-state index contributed by atoms with van der Waals surface area (Å²) in [5.74, 6) is 0. The molecule has 3 aliphatic carbocycles. The van der Waals surface area contributed by atoms with Crippen LogP contribution in [-0.2, 0) is 12.8 Å². The molecule has 18 heavy (non-hydrogen) atoms. The Morgan fingerprint density at radius 3 is 2.94 bits per heavy atom. The first kappa shape index (κ1) is 10.1. The molecular weight excluding hydrogens is 216 g/mol. The van der Waals surface area contributed by atoms with Gasteiger partial charge in [-0.25, -0.2) is 0 Å². The fourth-order valence-electron chi connectivity index (χ4n) is 3.34. The van der Waals surface area contributed by atoms with E-state index in [0.717, 1.165) is 12.8 Å². The summed E-state index contributed by atoms with van der Waals surface area (Å²) in [4.78, 5) is 0. The number of hydrogen-bond acceptors (Lipinski definition) is 0. The summed E-state index contributed by atoms with van der Waals surface area (Å²) >= 11 is 0. The van der Waals surface area contributed by atoms with Gasteiger partial charge in [-0.3, -0.25) is 0 Å². The molecule has 0 bridgehead atoms. The largest absolute Gasteiger partial charge is 0.0836 e. The Morgan fingerprint density at radius 1 is 0.944 bits per heavy atom. The lowest BCUT2D eigenvalue weighted by Gasteiger charge is -2.26. The second-order valence-electron chi connectivity index (χ2n) is 5.25. The summed E-state index contributed by atoms with van der Waals surface area (Å²) in [6.07, 6.45) is 18.3. The van der Waals surface area contributed by atoms with Gasteiger partial charge in [0.2, 0.25) is 0 Å². The summed E-state index contributed by atoms with van der Waals surface area (Å²) < 4.78 is 0. The highest BCUT2D eigenvalue weighted by Crippen LogP contribution is 2.39. The topological polar surface area (TPSA) is 0 Å². The van der Waals surface area contributed by atoms with E-state index in [1.807, 2.05) is 0 Å². The molecule has 0 fully saturated rings. The van der Waals surface area contributed by atoms with Crippen molar-refractivity contribution in [1.29, 1.82) is 0 Å². The lowest BCUT2D eigenvalue weighted by atomic mass is 9.78. The smallest absolute Gasteiger partial charge is 0.00822 e. The Kier molecular flexibility index (Phi) is 2.16. The highest BCUT2D eigenvalue weighted by Gasteiger charge is 2.21. The number of allylic oxidation sites excluding steroid dienone is 7. The molecule has 0 atom stereocenters. The van der Waals surface area contributed by atoms with E-state index >= 15 is 0 Å². The minimum atomic E-state index is 1.10. The summed E-state index contributed by atoms with van der Waals surface area (Å²) in [7, 11) is 0. The minimum absolute atomic E-state index is 1.10. The Labute approximate surface area is 108 Å². The van der Waals surface area contributed by atoms with Gasteiger partial charge in [0.15, 0.2) is 0 Å². The van der Waals surface area contributed by atoms with Gasteiger partial charge in [0.25, 0.3) is 0 Å². The normalized spacial score (nSPS) is 19.6. The van der Waals surface area contributed by atoms with Crippen LogP contribution in [0.2, 0.25) is 0 Å². The summed E-state index contributed by atoms with van der Waals surface area (Å²) in [5.41, 5.74) is 9.03. The molecule has 0 heterocycles. The van der Waals surface area contributed by atoms with Crippen LogP contribution in [0.4, 0.5) is 0 Å². The third-order valence-corrected chi connectivity index (χ3v) is 4.25. The summed E-state index contributed by atoms with van der Waals surface area (Å²) in [5, 5.41) is 0. The highest BCUT2D eigenvalue weighted by atomic mass is 14.3. The lowest BCUT2D eigenvalue weighted by Crippen LogP contribution is -2.09. The maximum Gasteiger partial charge on any atom is -0.00822 e. The van der Waals surface area contributed by atoms with Crippen LogP contribution in [0.25, 0.3) is 11.6 Å². The molecule has 0 nitrogen and oxygen atoms in total. The predicted octanol–water partition coefficient (Wildman–Crippen LogP) is 4.47. The van der Waals surface area contributed by atoms with E-state index in [1.165, 1.54) is 35.1 Å². The van der Waals surface area contributed by atoms with Crippen molar-refractivity contribution in [2.45, 2.75) is 25.7 Å². The molecule has 4 rings (SSSR count). The van der Waals surface area contributed by atoms with Crippen LogP contribution in [0, 0.1) is 0 Å². The maximum atomic E-state index is 2.43. The molecule has 0 N–H and O–H groups in total. The number of benzene rings is 1. The van der Waals surface area contributed by atoms with Crippen molar-refractivity contribution in [2.24, 2.45) is 0 Å². The molecule has 3 aliphatic rings. The van der Waals surface area contributed by atoms with Crippen molar-refractivity contribution in [1.82, 2.24) is 0 Å². The fraction of sp³-hybridized carbons (Fsp3) is 0.222. The van der Waals surface area contributed by atoms with E-state index in [0.29, 0.717) is 0 Å². The monoisotopic (exact) mass is 232 g/mol. The minimum Gasteiger partial charge on any atom is -0.0836 e. The van der Waals surface area contributed by atoms with E-state index < -0.39 is 0 Å². The van der Waals surface area contributed by atoms with Crippen LogP contribution in [0.15, 0.2) is 48.1 Å². The molecule has 1 aromatic rings. The van der Waals surface area contributed by atoms with Crippen molar-refractivity contribution in [3.05, 3.63) is 70.3 Å².